The van der Waals surface area contributed by atoms with Gasteiger partial charge in [-0.15, -0.1) is 0 Å². The van der Waals surface area contributed by atoms with Crippen molar-refractivity contribution in [1.82, 2.24) is 10.6 Å². The number of unbranched alkanes of at least 4 members (excludes halogenated alkanes) is 9. The van der Waals surface area contributed by atoms with Crippen LogP contribution in [0.4, 0.5) is 0 Å². The maximum atomic E-state index is 8.67. The summed E-state index contributed by atoms with van der Waals surface area (Å²) in [4.78, 5) is 0. The van der Waals surface area contributed by atoms with Gasteiger partial charge in [-0.3, -0.25) is 0 Å². The van der Waals surface area contributed by atoms with Gasteiger partial charge in [0.2, 0.25) is 0 Å². The lowest BCUT2D eigenvalue weighted by Gasteiger charge is -2.14. The summed E-state index contributed by atoms with van der Waals surface area (Å²) in [6.07, 6.45) is 14.5. The van der Waals surface area contributed by atoms with Crippen molar-refractivity contribution in [3.63, 3.8) is 0 Å². The van der Waals surface area contributed by atoms with Crippen molar-refractivity contribution in [2.45, 2.75) is 83.5 Å². The van der Waals surface area contributed by atoms with Gasteiger partial charge in [-0.2, -0.15) is 0 Å². The lowest BCUT2D eigenvalue weighted by Crippen LogP contribution is -2.40. The first-order valence-corrected chi connectivity index (χ1v) is 9.15. The fourth-order valence-electron chi connectivity index (χ4n) is 2.46. The van der Waals surface area contributed by atoms with E-state index < -0.39 is 5.97 Å². The Kier molecular flexibility index (Phi) is 15.5. The quantitative estimate of drug-likeness (QED) is 0.209. The van der Waals surface area contributed by atoms with Gasteiger partial charge in [0.15, 0.2) is 0 Å². The predicted octanol–water partition coefficient (Wildman–Crippen LogP) is 2.11. The van der Waals surface area contributed by atoms with Crippen molar-refractivity contribution in [2.75, 3.05) is 26.2 Å². The van der Waals surface area contributed by atoms with Crippen molar-refractivity contribution >= 4 is 0 Å². The molecule has 0 aromatic carbocycles. The lowest BCUT2D eigenvalue weighted by atomic mass is 10.1. The molecule has 0 bridgehead atoms. The molecule has 0 saturated heterocycles. The van der Waals surface area contributed by atoms with Crippen LogP contribution >= 0.6 is 0 Å². The van der Waals surface area contributed by atoms with Crippen LogP contribution in [0.1, 0.15) is 77.6 Å². The van der Waals surface area contributed by atoms with E-state index in [0.29, 0.717) is 6.54 Å². The van der Waals surface area contributed by atoms with Gasteiger partial charge in [-0.1, -0.05) is 64.7 Å². The molecular weight excluding hydrogens is 280 g/mol. The zero-order valence-electron chi connectivity index (χ0n) is 14.4. The summed E-state index contributed by atoms with van der Waals surface area (Å²) < 4.78 is 0. The molecule has 0 unspecified atom stereocenters. The Morgan fingerprint density at radius 2 is 1.05 bits per heavy atom. The summed E-state index contributed by atoms with van der Waals surface area (Å²) >= 11 is 0. The number of rotatable bonds is 17. The summed E-state index contributed by atoms with van der Waals surface area (Å²) in [5.41, 5.74) is 0. The lowest BCUT2D eigenvalue weighted by molar-refractivity contribution is -0.306. The SMILES string of the molecule is CCCCCCCCCCCCNCCCNCC(O)(O)O. The van der Waals surface area contributed by atoms with Crippen LogP contribution in [0.5, 0.6) is 0 Å². The maximum absolute atomic E-state index is 8.67. The maximum Gasteiger partial charge on any atom is 0.288 e. The molecule has 0 aromatic heterocycles. The minimum atomic E-state index is -2.59. The fourth-order valence-corrected chi connectivity index (χ4v) is 2.46. The molecule has 0 radical (unpaired) electrons. The Bertz CT molecular complexity index is 220. The van der Waals surface area contributed by atoms with Gasteiger partial charge in [0.1, 0.15) is 0 Å². The Hall–Kier alpha value is -0.200. The molecule has 22 heavy (non-hydrogen) atoms. The molecule has 0 aromatic rings. The third kappa shape index (κ3) is 19.8. The van der Waals surface area contributed by atoms with Gasteiger partial charge in [-0.05, 0) is 32.5 Å². The van der Waals surface area contributed by atoms with E-state index in [1.807, 2.05) is 0 Å². The average Bonchev–Trinajstić information content (AvgIpc) is 2.45. The van der Waals surface area contributed by atoms with Crippen LogP contribution in [-0.4, -0.2) is 47.5 Å². The predicted molar refractivity (Wildman–Crippen MR) is 91.6 cm³/mol. The van der Waals surface area contributed by atoms with E-state index in [0.717, 1.165) is 19.5 Å². The molecule has 134 valence electrons. The monoisotopic (exact) mass is 318 g/mol. The first-order chi connectivity index (χ1) is 10.6. The standard InChI is InChI=1S/C17H38N2O3/c1-2-3-4-5-6-7-8-9-10-11-13-18-14-12-15-19-16-17(20,21)22/h18-22H,2-16H2,1H3. The van der Waals surface area contributed by atoms with Crippen LogP contribution in [0.3, 0.4) is 0 Å². The average molecular weight is 319 g/mol. The van der Waals surface area contributed by atoms with Gasteiger partial charge >= 0.3 is 0 Å². The zero-order valence-corrected chi connectivity index (χ0v) is 14.4. The van der Waals surface area contributed by atoms with Crippen LogP contribution in [0.2, 0.25) is 0 Å². The Morgan fingerprint density at radius 3 is 1.59 bits per heavy atom. The van der Waals surface area contributed by atoms with Crippen LogP contribution < -0.4 is 10.6 Å². The van der Waals surface area contributed by atoms with Gasteiger partial charge in [0.05, 0.1) is 6.54 Å². The fraction of sp³-hybridized carbons (Fsp3) is 1.00. The molecule has 0 atom stereocenters. The van der Waals surface area contributed by atoms with Crippen LogP contribution in [0, 0.1) is 0 Å². The van der Waals surface area contributed by atoms with Crippen LogP contribution in [0.25, 0.3) is 0 Å². The molecule has 0 rings (SSSR count). The highest BCUT2D eigenvalue weighted by Gasteiger charge is 2.15. The molecule has 0 aliphatic heterocycles. The zero-order chi connectivity index (χ0) is 16.5. The second kappa shape index (κ2) is 15.7. The van der Waals surface area contributed by atoms with Crippen molar-refractivity contribution in [2.24, 2.45) is 0 Å². The molecule has 0 spiro atoms. The summed E-state index contributed by atoms with van der Waals surface area (Å²) in [7, 11) is 0. The minimum absolute atomic E-state index is 0.217. The first kappa shape index (κ1) is 21.8. The van der Waals surface area contributed by atoms with Gasteiger partial charge in [-0.25, -0.2) is 0 Å². The highest BCUT2D eigenvalue weighted by atomic mass is 16.7. The third-order valence-electron chi connectivity index (χ3n) is 3.78. The van der Waals surface area contributed by atoms with Crippen LogP contribution in [-0.2, 0) is 0 Å². The summed E-state index contributed by atoms with van der Waals surface area (Å²) in [5.74, 6) is -2.59. The number of aliphatic hydroxyl groups is 3. The Balaban J connectivity index is 3.00. The van der Waals surface area contributed by atoms with Crippen molar-refractivity contribution in [1.29, 1.82) is 0 Å². The van der Waals surface area contributed by atoms with E-state index in [4.69, 9.17) is 15.3 Å². The van der Waals surface area contributed by atoms with E-state index in [9.17, 15) is 0 Å². The van der Waals surface area contributed by atoms with Crippen molar-refractivity contribution in [3.8, 4) is 0 Å². The third-order valence-corrected chi connectivity index (χ3v) is 3.78. The molecule has 0 saturated carbocycles. The molecule has 0 fully saturated rings. The Morgan fingerprint density at radius 1 is 0.591 bits per heavy atom. The molecular formula is C17H38N2O3. The molecule has 5 N–H and O–H groups in total. The number of hydrogen-bond donors (Lipinski definition) is 5. The van der Waals surface area contributed by atoms with E-state index in [1.165, 1.54) is 64.2 Å². The van der Waals surface area contributed by atoms with E-state index in [2.05, 4.69) is 17.6 Å². The molecule has 5 nitrogen and oxygen atoms in total. The van der Waals surface area contributed by atoms with Gasteiger partial charge < -0.3 is 26.0 Å². The Labute approximate surface area is 136 Å². The molecule has 0 heterocycles. The summed E-state index contributed by atoms with van der Waals surface area (Å²) in [5, 5.41) is 32.2. The van der Waals surface area contributed by atoms with Crippen molar-refractivity contribution < 1.29 is 15.3 Å². The minimum Gasteiger partial charge on any atom is -0.343 e. The molecule has 0 amide bonds. The first-order valence-electron chi connectivity index (χ1n) is 9.15. The van der Waals surface area contributed by atoms with Gasteiger partial charge in [0, 0.05) is 0 Å². The van der Waals surface area contributed by atoms with E-state index in [-0.39, 0.29) is 6.54 Å². The normalized spacial score (nSPS) is 12.0. The van der Waals surface area contributed by atoms with E-state index >= 15 is 0 Å². The largest absolute Gasteiger partial charge is 0.343 e. The highest BCUT2D eigenvalue weighted by molar-refractivity contribution is 4.56. The van der Waals surface area contributed by atoms with E-state index in [1.54, 1.807) is 0 Å². The molecule has 0 aliphatic rings. The summed E-state index contributed by atoms with van der Waals surface area (Å²) in [6.45, 7) is 4.67. The smallest absolute Gasteiger partial charge is 0.288 e. The summed E-state index contributed by atoms with van der Waals surface area (Å²) in [6, 6.07) is 0. The second-order valence-electron chi connectivity index (χ2n) is 6.24. The molecule has 0 aliphatic carbocycles. The highest BCUT2D eigenvalue weighted by Crippen LogP contribution is 2.10. The number of nitrogens with one attached hydrogen (secondary N) is 2. The second-order valence-corrected chi connectivity index (χ2v) is 6.24. The van der Waals surface area contributed by atoms with Crippen LogP contribution in [0.15, 0.2) is 0 Å². The number of hydrogen-bond acceptors (Lipinski definition) is 5. The van der Waals surface area contributed by atoms with Gasteiger partial charge in [0.25, 0.3) is 5.97 Å². The molecule has 5 heteroatoms. The topological polar surface area (TPSA) is 84.8 Å². The van der Waals surface area contributed by atoms with Crippen molar-refractivity contribution in [3.05, 3.63) is 0 Å².